The van der Waals surface area contributed by atoms with Crippen LogP contribution in [0.2, 0.25) is 0 Å². The molecule has 4 heterocycles. The Morgan fingerprint density at radius 3 is 2.77 bits per heavy atom. The van der Waals surface area contributed by atoms with Gasteiger partial charge in [-0.1, -0.05) is 5.16 Å². The highest BCUT2D eigenvalue weighted by molar-refractivity contribution is 5.80. The molecule has 1 fully saturated rings. The Labute approximate surface area is 171 Å². The first-order chi connectivity index (χ1) is 14.7. The first kappa shape index (κ1) is 18.5. The predicted molar refractivity (Wildman–Crippen MR) is 105 cm³/mol. The molecule has 0 spiro atoms. The summed E-state index contributed by atoms with van der Waals surface area (Å²) in [5.41, 5.74) is 2.10. The third-order valence-corrected chi connectivity index (χ3v) is 5.19. The van der Waals surface area contributed by atoms with Crippen molar-refractivity contribution in [2.24, 2.45) is 0 Å². The number of hydrogen-bond donors (Lipinski definition) is 0. The van der Waals surface area contributed by atoms with E-state index >= 15 is 0 Å². The van der Waals surface area contributed by atoms with E-state index in [0.29, 0.717) is 42.9 Å². The van der Waals surface area contributed by atoms with Gasteiger partial charge < -0.3 is 18.9 Å². The number of pyridine rings is 1. The van der Waals surface area contributed by atoms with E-state index in [1.54, 1.807) is 32.5 Å². The molecule has 1 aromatic carbocycles. The van der Waals surface area contributed by atoms with Gasteiger partial charge in [0.1, 0.15) is 12.4 Å². The third kappa shape index (κ3) is 3.05. The Morgan fingerprint density at radius 2 is 2.03 bits per heavy atom. The molecule has 0 bridgehead atoms. The van der Waals surface area contributed by atoms with E-state index < -0.39 is 0 Å². The predicted octanol–water partition coefficient (Wildman–Crippen LogP) is 2.70. The SMILES string of the molecule is COCc1nnc(N2CC(c3noc4cc(F)ccc34)C2)n1-c1ccc(OC)nc1. The van der Waals surface area contributed by atoms with Crippen LogP contribution in [0.25, 0.3) is 16.7 Å². The molecule has 3 aromatic heterocycles. The first-order valence-corrected chi connectivity index (χ1v) is 9.41. The molecule has 0 atom stereocenters. The van der Waals surface area contributed by atoms with Crippen LogP contribution in [0.3, 0.4) is 0 Å². The molecule has 0 aliphatic carbocycles. The maximum absolute atomic E-state index is 13.4. The number of nitrogens with zero attached hydrogens (tertiary/aromatic N) is 6. The lowest BCUT2D eigenvalue weighted by atomic mass is 9.94. The van der Waals surface area contributed by atoms with E-state index in [-0.39, 0.29) is 11.7 Å². The minimum atomic E-state index is -0.340. The fourth-order valence-corrected chi connectivity index (χ4v) is 3.66. The summed E-state index contributed by atoms with van der Waals surface area (Å²) in [7, 11) is 3.19. The van der Waals surface area contributed by atoms with E-state index in [1.807, 2.05) is 10.6 Å². The van der Waals surface area contributed by atoms with Crippen molar-refractivity contribution in [2.45, 2.75) is 12.5 Å². The quantitative estimate of drug-likeness (QED) is 0.479. The molecule has 1 aliphatic rings. The molecule has 0 amide bonds. The molecule has 0 unspecified atom stereocenters. The number of benzene rings is 1. The van der Waals surface area contributed by atoms with Crippen LogP contribution < -0.4 is 9.64 Å². The number of halogens is 1. The largest absolute Gasteiger partial charge is 0.481 e. The van der Waals surface area contributed by atoms with Crippen LogP contribution in [0.5, 0.6) is 5.88 Å². The second-order valence-electron chi connectivity index (χ2n) is 7.05. The lowest BCUT2D eigenvalue weighted by Gasteiger charge is -2.38. The van der Waals surface area contributed by atoms with Crippen LogP contribution in [-0.2, 0) is 11.3 Å². The molecule has 0 radical (unpaired) electrons. The van der Waals surface area contributed by atoms with Crippen molar-refractivity contribution in [3.63, 3.8) is 0 Å². The summed E-state index contributed by atoms with van der Waals surface area (Å²) in [4.78, 5) is 6.39. The highest BCUT2D eigenvalue weighted by Crippen LogP contribution is 2.35. The third-order valence-electron chi connectivity index (χ3n) is 5.19. The number of rotatable bonds is 6. The van der Waals surface area contributed by atoms with Gasteiger partial charge in [0.2, 0.25) is 11.8 Å². The second kappa shape index (κ2) is 7.38. The number of ether oxygens (including phenoxy) is 2. The Bertz CT molecular complexity index is 1180. The van der Waals surface area contributed by atoms with Crippen LogP contribution in [0.1, 0.15) is 17.4 Å². The zero-order valence-corrected chi connectivity index (χ0v) is 16.4. The van der Waals surface area contributed by atoms with Gasteiger partial charge in [0.15, 0.2) is 11.4 Å². The van der Waals surface area contributed by atoms with Crippen LogP contribution in [0.15, 0.2) is 41.1 Å². The zero-order chi connectivity index (χ0) is 20.7. The van der Waals surface area contributed by atoms with Gasteiger partial charge in [0.05, 0.1) is 24.7 Å². The molecule has 10 heteroatoms. The van der Waals surface area contributed by atoms with Crippen LogP contribution >= 0.6 is 0 Å². The number of anilines is 1. The summed E-state index contributed by atoms with van der Waals surface area (Å²) in [6.07, 6.45) is 1.71. The average molecular weight is 410 g/mol. The Hall–Kier alpha value is -3.53. The molecule has 1 aliphatic heterocycles. The fraction of sp³-hybridized carbons (Fsp3) is 0.300. The van der Waals surface area contributed by atoms with Gasteiger partial charge in [-0.25, -0.2) is 9.37 Å². The monoisotopic (exact) mass is 410 g/mol. The van der Waals surface area contributed by atoms with E-state index in [1.165, 1.54) is 12.1 Å². The van der Waals surface area contributed by atoms with E-state index in [0.717, 1.165) is 16.8 Å². The van der Waals surface area contributed by atoms with Gasteiger partial charge >= 0.3 is 0 Å². The molecule has 0 saturated carbocycles. The molecule has 9 nitrogen and oxygen atoms in total. The van der Waals surface area contributed by atoms with Gasteiger partial charge in [-0.15, -0.1) is 10.2 Å². The van der Waals surface area contributed by atoms with E-state index in [9.17, 15) is 4.39 Å². The van der Waals surface area contributed by atoms with Gasteiger partial charge in [0, 0.05) is 43.6 Å². The van der Waals surface area contributed by atoms with Crippen molar-refractivity contribution >= 4 is 16.9 Å². The summed E-state index contributed by atoms with van der Waals surface area (Å²) in [6.45, 7) is 1.69. The van der Waals surface area contributed by atoms with E-state index in [2.05, 4.69) is 25.2 Å². The molecular weight excluding hydrogens is 391 g/mol. The summed E-state index contributed by atoms with van der Waals surface area (Å²) >= 11 is 0. The Balaban J connectivity index is 1.42. The molecular formula is C20H19FN6O3. The zero-order valence-electron chi connectivity index (χ0n) is 16.4. The summed E-state index contributed by atoms with van der Waals surface area (Å²) in [5.74, 6) is 1.71. The minimum Gasteiger partial charge on any atom is -0.481 e. The summed E-state index contributed by atoms with van der Waals surface area (Å²) < 4.78 is 31.1. The van der Waals surface area contributed by atoms with Crippen LogP contribution in [0, 0.1) is 5.82 Å². The molecule has 5 rings (SSSR count). The van der Waals surface area contributed by atoms with Gasteiger partial charge in [0.25, 0.3) is 0 Å². The van der Waals surface area contributed by atoms with Crippen molar-refractivity contribution in [3.8, 4) is 11.6 Å². The van der Waals surface area contributed by atoms with Gasteiger partial charge in [-0.2, -0.15) is 0 Å². The number of fused-ring (bicyclic) bond motifs is 1. The van der Waals surface area contributed by atoms with Gasteiger partial charge in [-0.3, -0.25) is 4.57 Å². The Morgan fingerprint density at radius 1 is 1.17 bits per heavy atom. The molecule has 1 saturated heterocycles. The van der Waals surface area contributed by atoms with Crippen molar-refractivity contribution < 1.29 is 18.4 Å². The topological polar surface area (TPSA) is 91.3 Å². The number of hydrogen-bond acceptors (Lipinski definition) is 8. The maximum Gasteiger partial charge on any atom is 0.232 e. The van der Waals surface area contributed by atoms with Crippen molar-refractivity contribution in [1.29, 1.82) is 0 Å². The molecule has 0 N–H and O–H groups in total. The number of methoxy groups -OCH3 is 2. The molecule has 4 aromatic rings. The van der Waals surface area contributed by atoms with Crippen molar-refractivity contribution in [1.82, 2.24) is 24.9 Å². The normalized spacial score (nSPS) is 14.3. The minimum absolute atomic E-state index is 0.154. The molecule has 154 valence electrons. The fourth-order valence-electron chi connectivity index (χ4n) is 3.66. The highest BCUT2D eigenvalue weighted by Gasteiger charge is 2.35. The van der Waals surface area contributed by atoms with Gasteiger partial charge in [-0.05, 0) is 18.2 Å². The maximum atomic E-state index is 13.4. The van der Waals surface area contributed by atoms with Crippen molar-refractivity contribution in [3.05, 3.63) is 53.9 Å². The van der Waals surface area contributed by atoms with Crippen molar-refractivity contribution in [2.75, 3.05) is 32.2 Å². The number of aromatic nitrogens is 5. The standard InChI is InChI=1S/C20H19FN6O3/c1-28-11-17-23-24-20(27(17)14-4-6-18(29-2)22-8-14)26-9-12(10-26)19-15-5-3-13(21)7-16(15)30-25-19/h3-8,12H,9-11H2,1-2H3. The lowest BCUT2D eigenvalue weighted by Crippen LogP contribution is -2.46. The first-order valence-electron chi connectivity index (χ1n) is 9.41. The average Bonchev–Trinajstić information content (AvgIpc) is 3.32. The van der Waals surface area contributed by atoms with Crippen LogP contribution in [0.4, 0.5) is 10.3 Å². The second-order valence-corrected chi connectivity index (χ2v) is 7.05. The summed E-state index contributed by atoms with van der Waals surface area (Å²) in [6, 6.07) is 8.17. The van der Waals surface area contributed by atoms with Crippen LogP contribution in [-0.4, -0.2) is 52.2 Å². The van der Waals surface area contributed by atoms with E-state index in [4.69, 9.17) is 14.0 Å². The highest BCUT2D eigenvalue weighted by atomic mass is 19.1. The molecule has 30 heavy (non-hydrogen) atoms. The Kier molecular flexibility index (Phi) is 4.55. The smallest absolute Gasteiger partial charge is 0.232 e. The lowest BCUT2D eigenvalue weighted by molar-refractivity contribution is 0.176. The summed E-state index contributed by atoms with van der Waals surface area (Å²) in [5, 5.41) is 13.7.